The molecule has 2 amide bonds. The molecule has 182 valence electrons. The second kappa shape index (κ2) is 9.29. The average molecular weight is 496 g/mol. The number of amides is 2. The van der Waals surface area contributed by atoms with E-state index in [0.29, 0.717) is 28.6 Å². The Labute approximate surface area is 203 Å². The minimum atomic E-state index is -0.677. The van der Waals surface area contributed by atoms with Crippen LogP contribution in [0, 0.1) is 5.92 Å². The van der Waals surface area contributed by atoms with Gasteiger partial charge in [-0.05, 0) is 24.0 Å². The Morgan fingerprint density at radius 2 is 1.91 bits per heavy atom. The molecule has 0 aliphatic heterocycles. The van der Waals surface area contributed by atoms with Crippen LogP contribution in [0.4, 0.5) is 5.13 Å². The molecule has 4 aromatic rings. The van der Waals surface area contributed by atoms with Crippen LogP contribution in [0.3, 0.4) is 0 Å². The van der Waals surface area contributed by atoms with E-state index in [0.717, 1.165) is 0 Å². The predicted molar refractivity (Wildman–Crippen MR) is 134 cm³/mol. The van der Waals surface area contributed by atoms with Gasteiger partial charge < -0.3 is 10.7 Å². The summed E-state index contributed by atoms with van der Waals surface area (Å²) in [5.74, 6) is -1.08. The summed E-state index contributed by atoms with van der Waals surface area (Å²) in [6.45, 7) is 8.05. The third-order valence-corrected chi connectivity index (χ3v) is 6.08. The van der Waals surface area contributed by atoms with E-state index in [-0.39, 0.29) is 34.1 Å². The molecule has 0 unspecified atom stereocenters. The summed E-state index contributed by atoms with van der Waals surface area (Å²) in [7, 11) is 0. The Kier molecular flexibility index (Phi) is 6.39. The Morgan fingerprint density at radius 1 is 1.17 bits per heavy atom. The number of carbonyl (C=O) groups is 2. The number of aromatic amines is 2. The van der Waals surface area contributed by atoms with E-state index in [1.54, 1.807) is 23.7 Å². The topological polar surface area (TPSA) is 169 Å². The standard InChI is InChI=1S/C23H25N7O4S/c1-10(2)8-30-19-17(21(33)29-23(30)34)13(6-14(26-19)11(3)4)20(32)28-22-27-16(9-35-22)12-5-15(18(24)31)25-7-12/h5-7,9-11,25H,8H2,1-4H3,(H2,24,31)(H,27,28,32)(H,29,33,34). The summed E-state index contributed by atoms with van der Waals surface area (Å²) in [6.07, 6.45) is 1.60. The third kappa shape index (κ3) is 4.78. The first-order valence-electron chi connectivity index (χ1n) is 11.0. The van der Waals surface area contributed by atoms with Crippen molar-refractivity contribution in [2.24, 2.45) is 11.7 Å². The number of hydrogen-bond acceptors (Lipinski definition) is 7. The van der Waals surface area contributed by atoms with Crippen molar-refractivity contribution in [2.45, 2.75) is 40.2 Å². The highest BCUT2D eigenvalue weighted by Crippen LogP contribution is 2.27. The summed E-state index contributed by atoms with van der Waals surface area (Å²) < 4.78 is 1.40. The number of aromatic nitrogens is 5. The molecule has 35 heavy (non-hydrogen) atoms. The highest BCUT2D eigenvalue weighted by Gasteiger charge is 2.22. The summed E-state index contributed by atoms with van der Waals surface area (Å²) in [5.41, 5.74) is 6.32. The molecule has 11 nitrogen and oxygen atoms in total. The van der Waals surface area contributed by atoms with E-state index < -0.39 is 23.1 Å². The van der Waals surface area contributed by atoms with Crippen LogP contribution in [-0.4, -0.2) is 36.3 Å². The van der Waals surface area contributed by atoms with Crippen LogP contribution in [0.15, 0.2) is 33.3 Å². The molecule has 12 heteroatoms. The predicted octanol–water partition coefficient (Wildman–Crippen LogP) is 2.67. The Balaban J connectivity index is 1.77. The van der Waals surface area contributed by atoms with Gasteiger partial charge in [-0.15, -0.1) is 11.3 Å². The zero-order valence-corrected chi connectivity index (χ0v) is 20.4. The first-order valence-corrected chi connectivity index (χ1v) is 11.9. The second-order valence-corrected chi connectivity index (χ2v) is 9.73. The van der Waals surface area contributed by atoms with Gasteiger partial charge in [-0.1, -0.05) is 27.7 Å². The van der Waals surface area contributed by atoms with Gasteiger partial charge in [0.1, 0.15) is 5.69 Å². The smallest absolute Gasteiger partial charge is 0.330 e. The number of rotatable bonds is 7. The van der Waals surface area contributed by atoms with E-state index in [1.165, 1.54) is 15.9 Å². The van der Waals surface area contributed by atoms with Gasteiger partial charge in [0.2, 0.25) is 0 Å². The van der Waals surface area contributed by atoms with Crippen LogP contribution in [0.5, 0.6) is 0 Å². The number of pyridine rings is 1. The van der Waals surface area contributed by atoms with Gasteiger partial charge in [-0.25, -0.2) is 14.8 Å². The van der Waals surface area contributed by atoms with Crippen molar-refractivity contribution in [2.75, 3.05) is 5.32 Å². The molecular formula is C23H25N7O4S. The first-order chi connectivity index (χ1) is 16.5. The van der Waals surface area contributed by atoms with Crippen molar-refractivity contribution >= 4 is 39.3 Å². The lowest BCUT2D eigenvalue weighted by Gasteiger charge is -2.15. The molecule has 0 atom stereocenters. The number of nitrogens with one attached hydrogen (secondary N) is 3. The van der Waals surface area contributed by atoms with E-state index in [2.05, 4.69) is 25.3 Å². The largest absolute Gasteiger partial charge is 0.364 e. The molecule has 5 N–H and O–H groups in total. The summed E-state index contributed by atoms with van der Waals surface area (Å²) >= 11 is 1.19. The number of nitrogens with two attached hydrogens (primary N) is 1. The molecule has 4 aromatic heterocycles. The number of H-pyrrole nitrogens is 2. The van der Waals surface area contributed by atoms with E-state index in [4.69, 9.17) is 5.73 Å². The van der Waals surface area contributed by atoms with Crippen LogP contribution in [0.25, 0.3) is 22.3 Å². The molecule has 0 saturated heterocycles. The van der Waals surface area contributed by atoms with E-state index in [9.17, 15) is 19.2 Å². The third-order valence-electron chi connectivity index (χ3n) is 5.32. The van der Waals surface area contributed by atoms with Crippen molar-refractivity contribution in [1.29, 1.82) is 0 Å². The fraction of sp³-hybridized carbons (Fsp3) is 0.304. The molecule has 0 bridgehead atoms. The van der Waals surface area contributed by atoms with Crippen molar-refractivity contribution < 1.29 is 9.59 Å². The van der Waals surface area contributed by atoms with E-state index in [1.807, 2.05) is 27.7 Å². The Morgan fingerprint density at radius 3 is 2.54 bits per heavy atom. The number of hydrogen-bond donors (Lipinski definition) is 4. The number of fused-ring (bicyclic) bond motifs is 1. The minimum Gasteiger partial charge on any atom is -0.364 e. The maximum absolute atomic E-state index is 13.3. The normalized spacial score (nSPS) is 11.5. The van der Waals surface area contributed by atoms with E-state index >= 15 is 0 Å². The lowest BCUT2D eigenvalue weighted by molar-refractivity contribution is 0.0994. The molecule has 0 saturated carbocycles. The van der Waals surface area contributed by atoms with Crippen molar-refractivity contribution in [3.8, 4) is 11.3 Å². The number of thiazole rings is 1. The van der Waals surface area contributed by atoms with Crippen molar-refractivity contribution in [3.63, 3.8) is 0 Å². The van der Waals surface area contributed by atoms with Gasteiger partial charge >= 0.3 is 5.69 Å². The molecule has 0 aromatic carbocycles. The summed E-state index contributed by atoms with van der Waals surface area (Å²) in [5, 5.41) is 4.80. The van der Waals surface area contributed by atoms with Gasteiger partial charge in [0.05, 0.1) is 16.6 Å². The summed E-state index contributed by atoms with van der Waals surface area (Å²) in [4.78, 5) is 64.1. The number of primary amides is 1. The van der Waals surface area contributed by atoms with Gasteiger partial charge in [0, 0.05) is 29.4 Å². The zero-order chi connectivity index (χ0) is 25.4. The van der Waals surface area contributed by atoms with Gasteiger partial charge in [-0.2, -0.15) is 0 Å². The fourth-order valence-corrected chi connectivity index (χ4v) is 4.33. The molecule has 0 fully saturated rings. The molecule has 0 aliphatic carbocycles. The number of nitrogens with zero attached hydrogens (tertiary/aromatic N) is 3. The van der Waals surface area contributed by atoms with Crippen molar-refractivity contribution in [3.05, 3.63) is 61.5 Å². The van der Waals surface area contributed by atoms with Gasteiger partial charge in [0.25, 0.3) is 17.4 Å². The highest BCUT2D eigenvalue weighted by atomic mass is 32.1. The van der Waals surface area contributed by atoms with Crippen molar-refractivity contribution in [1.82, 2.24) is 24.5 Å². The second-order valence-electron chi connectivity index (χ2n) is 8.87. The Hall–Kier alpha value is -4.06. The fourth-order valence-electron chi connectivity index (χ4n) is 3.62. The van der Waals surface area contributed by atoms with Crippen LogP contribution >= 0.6 is 11.3 Å². The van der Waals surface area contributed by atoms with Gasteiger partial charge in [-0.3, -0.25) is 29.3 Å². The van der Waals surface area contributed by atoms with Crippen LogP contribution in [0.2, 0.25) is 0 Å². The molecule has 0 spiro atoms. The Bertz CT molecular complexity index is 1560. The monoisotopic (exact) mass is 495 g/mol. The lowest BCUT2D eigenvalue weighted by atomic mass is 10.0. The quantitative estimate of drug-likeness (QED) is 0.307. The highest BCUT2D eigenvalue weighted by molar-refractivity contribution is 7.14. The maximum atomic E-state index is 13.3. The lowest BCUT2D eigenvalue weighted by Crippen LogP contribution is -2.33. The van der Waals surface area contributed by atoms with Crippen LogP contribution in [-0.2, 0) is 6.54 Å². The number of anilines is 1. The first kappa shape index (κ1) is 24.1. The SMILES string of the molecule is CC(C)Cn1c(=O)[nH]c(=O)c2c(C(=O)Nc3nc(-c4c[nH]c(C(N)=O)c4)cs3)cc(C(C)C)nc21. The molecule has 0 radical (unpaired) electrons. The molecule has 4 heterocycles. The summed E-state index contributed by atoms with van der Waals surface area (Å²) in [6, 6.07) is 3.14. The maximum Gasteiger partial charge on any atom is 0.330 e. The zero-order valence-electron chi connectivity index (χ0n) is 19.6. The van der Waals surface area contributed by atoms with Gasteiger partial charge in [0.15, 0.2) is 10.8 Å². The minimum absolute atomic E-state index is 0.0423. The molecule has 4 rings (SSSR count). The molecular weight excluding hydrogens is 470 g/mol. The average Bonchev–Trinajstić information content (AvgIpc) is 3.45. The van der Waals surface area contributed by atoms with Crippen LogP contribution < -0.4 is 22.3 Å². The van der Waals surface area contributed by atoms with Crippen LogP contribution in [0.1, 0.15) is 60.2 Å². The molecule has 0 aliphatic rings. The number of carbonyl (C=O) groups excluding carboxylic acids is 2.